The lowest BCUT2D eigenvalue weighted by atomic mass is 10.1. The van der Waals surface area contributed by atoms with Gasteiger partial charge in [-0.25, -0.2) is 0 Å². The zero-order chi connectivity index (χ0) is 12.1. The summed E-state index contributed by atoms with van der Waals surface area (Å²) in [6.07, 6.45) is 5.15. The molecule has 92 valence electrons. The lowest BCUT2D eigenvalue weighted by Crippen LogP contribution is -2.27. The minimum absolute atomic E-state index is 0.175. The van der Waals surface area contributed by atoms with E-state index < -0.39 is 0 Å². The molecule has 0 atom stereocenters. The van der Waals surface area contributed by atoms with Gasteiger partial charge in [-0.05, 0) is 18.4 Å². The summed E-state index contributed by atoms with van der Waals surface area (Å²) in [6, 6.07) is 8.37. The Hall–Kier alpha value is -1.55. The highest BCUT2D eigenvalue weighted by Crippen LogP contribution is 2.18. The average Bonchev–Trinajstić information content (AvgIpc) is 2.89. The van der Waals surface area contributed by atoms with Gasteiger partial charge in [0.15, 0.2) is 5.84 Å². The molecule has 0 heterocycles. The van der Waals surface area contributed by atoms with Crippen LogP contribution in [0.25, 0.3) is 0 Å². The Morgan fingerprint density at radius 1 is 1.35 bits per heavy atom. The third-order valence-corrected chi connectivity index (χ3v) is 3.34. The van der Waals surface area contributed by atoms with Gasteiger partial charge in [0, 0.05) is 18.2 Å². The van der Waals surface area contributed by atoms with Gasteiger partial charge in [0.1, 0.15) is 0 Å². The molecular formula is C13H19N3O. The minimum Gasteiger partial charge on any atom is -0.409 e. The molecule has 1 fully saturated rings. The number of rotatable bonds is 4. The lowest BCUT2D eigenvalue weighted by Gasteiger charge is -2.14. The van der Waals surface area contributed by atoms with Gasteiger partial charge in [-0.1, -0.05) is 42.3 Å². The van der Waals surface area contributed by atoms with Gasteiger partial charge in [0.25, 0.3) is 0 Å². The van der Waals surface area contributed by atoms with E-state index in [-0.39, 0.29) is 5.84 Å². The first-order valence-corrected chi connectivity index (χ1v) is 6.10. The normalized spacial score (nSPS) is 17.5. The van der Waals surface area contributed by atoms with E-state index in [4.69, 9.17) is 10.9 Å². The third-order valence-electron chi connectivity index (χ3n) is 3.34. The predicted molar refractivity (Wildman–Crippen MR) is 68.0 cm³/mol. The van der Waals surface area contributed by atoms with E-state index in [0.29, 0.717) is 6.04 Å². The molecule has 1 saturated carbocycles. The van der Waals surface area contributed by atoms with Crippen molar-refractivity contribution in [3.8, 4) is 0 Å². The summed E-state index contributed by atoms with van der Waals surface area (Å²) in [5.74, 6) is 0.175. The molecule has 0 radical (unpaired) electrons. The average molecular weight is 233 g/mol. The summed E-state index contributed by atoms with van der Waals surface area (Å²) in [6.45, 7) is 0.775. The molecule has 4 heteroatoms. The summed E-state index contributed by atoms with van der Waals surface area (Å²) in [7, 11) is 0. The number of nitrogens with one attached hydrogen (secondary N) is 1. The fourth-order valence-electron chi connectivity index (χ4n) is 2.36. The summed E-state index contributed by atoms with van der Waals surface area (Å²) in [4.78, 5) is 0. The molecule has 2 rings (SSSR count). The van der Waals surface area contributed by atoms with Crippen LogP contribution in [0.1, 0.15) is 36.8 Å². The van der Waals surface area contributed by atoms with Crippen molar-refractivity contribution in [1.29, 1.82) is 0 Å². The number of hydrogen-bond acceptors (Lipinski definition) is 3. The van der Waals surface area contributed by atoms with Crippen LogP contribution in [0.15, 0.2) is 29.4 Å². The maximum Gasteiger partial charge on any atom is 0.170 e. The van der Waals surface area contributed by atoms with Crippen molar-refractivity contribution in [3.63, 3.8) is 0 Å². The van der Waals surface area contributed by atoms with Gasteiger partial charge in [-0.2, -0.15) is 0 Å². The topological polar surface area (TPSA) is 70.6 Å². The Kier molecular flexibility index (Phi) is 3.98. The maximum absolute atomic E-state index is 8.73. The molecule has 17 heavy (non-hydrogen) atoms. The van der Waals surface area contributed by atoms with Crippen LogP contribution >= 0.6 is 0 Å². The Morgan fingerprint density at radius 2 is 2.06 bits per heavy atom. The van der Waals surface area contributed by atoms with Crippen molar-refractivity contribution in [2.24, 2.45) is 10.9 Å². The molecule has 1 aromatic rings. The smallest absolute Gasteiger partial charge is 0.170 e. The second-order valence-corrected chi connectivity index (χ2v) is 4.50. The van der Waals surface area contributed by atoms with Crippen LogP contribution in [0, 0.1) is 0 Å². The number of nitrogens with two attached hydrogens (primary N) is 1. The highest BCUT2D eigenvalue weighted by molar-refractivity contribution is 5.98. The van der Waals surface area contributed by atoms with E-state index in [1.54, 1.807) is 0 Å². The van der Waals surface area contributed by atoms with Gasteiger partial charge in [-0.15, -0.1) is 0 Å². The van der Waals surface area contributed by atoms with Gasteiger partial charge in [0.2, 0.25) is 0 Å². The van der Waals surface area contributed by atoms with Crippen molar-refractivity contribution in [1.82, 2.24) is 5.32 Å². The largest absolute Gasteiger partial charge is 0.409 e. The Bertz CT molecular complexity index is 397. The summed E-state index contributed by atoms with van der Waals surface area (Å²) in [5.41, 5.74) is 7.54. The van der Waals surface area contributed by atoms with Crippen molar-refractivity contribution >= 4 is 5.84 Å². The summed E-state index contributed by atoms with van der Waals surface area (Å²) >= 11 is 0. The van der Waals surface area contributed by atoms with Gasteiger partial charge < -0.3 is 16.3 Å². The number of benzene rings is 1. The van der Waals surface area contributed by atoms with Crippen molar-refractivity contribution < 1.29 is 5.21 Å². The second kappa shape index (κ2) is 5.68. The zero-order valence-electron chi connectivity index (χ0n) is 9.89. The quantitative estimate of drug-likeness (QED) is 0.321. The molecule has 0 aromatic heterocycles. The van der Waals surface area contributed by atoms with Crippen LogP contribution in [0.5, 0.6) is 0 Å². The Morgan fingerprint density at radius 3 is 2.76 bits per heavy atom. The van der Waals surface area contributed by atoms with Gasteiger partial charge in [-0.3, -0.25) is 0 Å². The highest BCUT2D eigenvalue weighted by Gasteiger charge is 2.14. The molecule has 0 spiro atoms. The summed E-state index contributed by atoms with van der Waals surface area (Å²) < 4.78 is 0. The number of hydrogen-bond donors (Lipinski definition) is 3. The van der Waals surface area contributed by atoms with Crippen LogP contribution in [-0.2, 0) is 6.54 Å². The molecule has 4 nitrogen and oxygen atoms in total. The zero-order valence-corrected chi connectivity index (χ0v) is 9.89. The van der Waals surface area contributed by atoms with Crippen molar-refractivity contribution in [3.05, 3.63) is 35.4 Å². The molecule has 0 aliphatic heterocycles. The minimum atomic E-state index is 0.175. The second-order valence-electron chi connectivity index (χ2n) is 4.50. The van der Waals surface area contributed by atoms with Crippen LogP contribution in [-0.4, -0.2) is 17.1 Å². The number of amidine groups is 1. The van der Waals surface area contributed by atoms with E-state index in [0.717, 1.165) is 17.7 Å². The molecule has 0 unspecified atom stereocenters. The molecule has 1 aromatic carbocycles. The van der Waals surface area contributed by atoms with E-state index in [9.17, 15) is 0 Å². The highest BCUT2D eigenvalue weighted by atomic mass is 16.4. The fourth-order valence-corrected chi connectivity index (χ4v) is 2.36. The van der Waals surface area contributed by atoms with E-state index >= 15 is 0 Å². The SMILES string of the molecule is NC(=NO)c1ccccc1CNC1CCCC1. The first-order valence-electron chi connectivity index (χ1n) is 6.10. The van der Waals surface area contributed by atoms with Crippen LogP contribution in [0.4, 0.5) is 0 Å². The first kappa shape index (κ1) is 11.9. The number of oxime groups is 1. The Balaban J connectivity index is 2.04. The van der Waals surface area contributed by atoms with E-state index in [1.165, 1.54) is 25.7 Å². The van der Waals surface area contributed by atoms with E-state index in [2.05, 4.69) is 10.5 Å². The molecule has 0 bridgehead atoms. The van der Waals surface area contributed by atoms with Crippen LogP contribution in [0.3, 0.4) is 0 Å². The molecule has 1 aliphatic rings. The monoisotopic (exact) mass is 233 g/mol. The molecule has 0 amide bonds. The fraction of sp³-hybridized carbons (Fsp3) is 0.462. The predicted octanol–water partition coefficient (Wildman–Crippen LogP) is 1.81. The van der Waals surface area contributed by atoms with E-state index in [1.807, 2.05) is 24.3 Å². The molecule has 1 aliphatic carbocycles. The molecule has 4 N–H and O–H groups in total. The van der Waals surface area contributed by atoms with Crippen LogP contribution < -0.4 is 11.1 Å². The molecular weight excluding hydrogens is 214 g/mol. The first-order chi connectivity index (χ1) is 8.31. The number of nitrogens with zero attached hydrogens (tertiary/aromatic N) is 1. The van der Waals surface area contributed by atoms with Gasteiger partial charge in [0.05, 0.1) is 0 Å². The van der Waals surface area contributed by atoms with Crippen LogP contribution in [0.2, 0.25) is 0 Å². The Labute approximate surface area is 102 Å². The standard InChI is InChI=1S/C13H19N3O/c14-13(16-17)12-8-4-1-5-10(12)9-15-11-6-2-3-7-11/h1,4-5,8,11,15,17H,2-3,6-7,9H2,(H2,14,16). The molecule has 0 saturated heterocycles. The van der Waals surface area contributed by atoms with Gasteiger partial charge >= 0.3 is 0 Å². The lowest BCUT2D eigenvalue weighted by molar-refractivity contribution is 0.318. The third kappa shape index (κ3) is 2.97. The maximum atomic E-state index is 8.73. The van der Waals surface area contributed by atoms with Crippen molar-refractivity contribution in [2.75, 3.05) is 0 Å². The van der Waals surface area contributed by atoms with Crippen molar-refractivity contribution in [2.45, 2.75) is 38.3 Å². The summed E-state index contributed by atoms with van der Waals surface area (Å²) in [5, 5.41) is 15.3.